The molecule has 3 aromatic carbocycles. The van der Waals surface area contributed by atoms with E-state index in [9.17, 15) is 14.3 Å². The number of carbonyl (C=O) groups excluding carboxylic acids is 1. The van der Waals surface area contributed by atoms with Crippen LogP contribution in [0, 0.1) is 24.1 Å². The maximum absolute atomic E-state index is 15.0. The Morgan fingerprint density at radius 3 is 2.27 bits per heavy atom. The van der Waals surface area contributed by atoms with E-state index in [0.717, 1.165) is 37.3 Å². The number of nitrogens with zero attached hydrogens (tertiary/aromatic N) is 4. The standard InChI is InChI=1S/C31H35FN6O2S/c1-22-19-26(32)27(35-24-11-13-36(14-12-24)28-8-4-3-7-23(28)21-33)20-25(22)31(39)38-17-15-37(16-18-38)29-9-5-6-10-30(29)41(2,34)40/h3-10,19-20,24,35H,2,11-18H2,1H3,(H2,34,40). The molecule has 0 saturated carbocycles. The third-order valence-electron chi connectivity index (χ3n) is 7.91. The number of benzene rings is 3. The SMILES string of the molecule is C=S(N)(=O)c1ccccc1N1CCN(C(=O)c2cc(NC3CCN(c4ccccc4C#N)CC3)c(F)cc2C)CC1. The van der Waals surface area contributed by atoms with Gasteiger partial charge in [0.05, 0.1) is 37.2 Å². The molecule has 0 aromatic heterocycles. The molecule has 5 rings (SSSR count). The summed E-state index contributed by atoms with van der Waals surface area (Å²) < 4.78 is 27.5. The van der Waals surface area contributed by atoms with E-state index in [4.69, 9.17) is 5.14 Å². The maximum Gasteiger partial charge on any atom is 0.254 e. The zero-order chi connectivity index (χ0) is 29.1. The van der Waals surface area contributed by atoms with E-state index >= 15 is 4.39 Å². The van der Waals surface area contributed by atoms with Crippen molar-refractivity contribution in [3.63, 3.8) is 0 Å². The Hall–Kier alpha value is -4.07. The highest BCUT2D eigenvalue weighted by Gasteiger charge is 2.27. The number of nitriles is 1. The molecule has 0 radical (unpaired) electrons. The molecule has 1 unspecified atom stereocenters. The number of hydrogen-bond acceptors (Lipinski definition) is 6. The van der Waals surface area contributed by atoms with E-state index in [1.165, 1.54) is 6.07 Å². The van der Waals surface area contributed by atoms with Crippen LogP contribution < -0.4 is 20.3 Å². The number of hydrogen-bond donors (Lipinski definition) is 2. The van der Waals surface area contributed by atoms with Crippen molar-refractivity contribution >= 4 is 38.5 Å². The molecule has 3 N–H and O–H groups in total. The Kier molecular flexibility index (Phi) is 8.20. The molecule has 0 spiro atoms. The van der Waals surface area contributed by atoms with Crippen molar-refractivity contribution in [3.8, 4) is 6.07 Å². The van der Waals surface area contributed by atoms with Crippen LogP contribution in [0.25, 0.3) is 0 Å². The molecule has 2 saturated heterocycles. The molecule has 1 amide bonds. The Balaban J connectivity index is 1.24. The van der Waals surface area contributed by atoms with Gasteiger partial charge < -0.3 is 20.0 Å². The Bertz CT molecular complexity index is 1590. The van der Waals surface area contributed by atoms with E-state index < -0.39 is 9.71 Å². The maximum atomic E-state index is 15.0. The zero-order valence-corrected chi connectivity index (χ0v) is 24.0. The van der Waals surface area contributed by atoms with Gasteiger partial charge >= 0.3 is 0 Å². The van der Waals surface area contributed by atoms with Crippen molar-refractivity contribution in [2.24, 2.45) is 5.14 Å². The average molecular weight is 575 g/mol. The Labute approximate surface area is 241 Å². The van der Waals surface area contributed by atoms with Crippen LogP contribution in [-0.2, 0) is 9.71 Å². The van der Waals surface area contributed by atoms with Gasteiger partial charge in [0.2, 0.25) is 0 Å². The molecular formula is C31H35FN6O2S. The van der Waals surface area contributed by atoms with Crippen LogP contribution in [0.1, 0.15) is 34.3 Å². The van der Waals surface area contributed by atoms with Gasteiger partial charge in [-0.25, -0.2) is 8.60 Å². The Morgan fingerprint density at radius 2 is 1.61 bits per heavy atom. The third kappa shape index (κ3) is 6.16. The number of carbonyl (C=O) groups is 1. The first-order valence-corrected chi connectivity index (χ1v) is 15.5. The van der Waals surface area contributed by atoms with Crippen LogP contribution in [0.4, 0.5) is 21.5 Å². The minimum absolute atomic E-state index is 0.0511. The molecule has 1 atom stereocenters. The van der Waals surface area contributed by atoms with Crippen LogP contribution in [0.5, 0.6) is 0 Å². The summed E-state index contributed by atoms with van der Waals surface area (Å²) in [5.74, 6) is 3.12. The lowest BCUT2D eigenvalue weighted by Gasteiger charge is -2.37. The second-order valence-corrected chi connectivity index (χ2v) is 12.5. The van der Waals surface area contributed by atoms with E-state index in [-0.39, 0.29) is 17.8 Å². The van der Waals surface area contributed by atoms with E-state index in [1.807, 2.05) is 36.4 Å². The van der Waals surface area contributed by atoms with Gasteiger partial charge in [0, 0.05) is 50.9 Å². The number of aryl methyl sites for hydroxylation is 1. The fourth-order valence-electron chi connectivity index (χ4n) is 5.67. The number of nitrogens with one attached hydrogen (secondary N) is 1. The van der Waals surface area contributed by atoms with Gasteiger partial charge in [-0.05, 0) is 67.6 Å². The molecule has 2 heterocycles. The number of anilines is 3. The number of halogens is 1. The number of para-hydroxylation sites is 2. The minimum atomic E-state index is -2.88. The van der Waals surface area contributed by atoms with Gasteiger partial charge in [0.15, 0.2) is 0 Å². The van der Waals surface area contributed by atoms with Crippen LogP contribution in [0.3, 0.4) is 0 Å². The summed E-state index contributed by atoms with van der Waals surface area (Å²) in [6.45, 7) is 5.29. The van der Waals surface area contributed by atoms with Crippen LogP contribution in [-0.4, -0.2) is 66.2 Å². The smallest absolute Gasteiger partial charge is 0.254 e. The summed E-state index contributed by atoms with van der Waals surface area (Å²) in [4.78, 5) is 20.1. The second-order valence-electron chi connectivity index (χ2n) is 10.7. The number of piperidine rings is 1. The van der Waals surface area contributed by atoms with Crippen molar-refractivity contribution < 1.29 is 13.4 Å². The summed E-state index contributed by atoms with van der Waals surface area (Å²) in [6.07, 6.45) is 1.56. The minimum Gasteiger partial charge on any atom is -0.380 e. The number of rotatable bonds is 6. The largest absolute Gasteiger partial charge is 0.380 e. The molecule has 0 bridgehead atoms. The first kappa shape index (κ1) is 28.5. The summed E-state index contributed by atoms with van der Waals surface area (Å²) in [5.41, 5.74) is 3.75. The van der Waals surface area contributed by atoms with Gasteiger partial charge in [0.25, 0.3) is 5.91 Å². The zero-order valence-electron chi connectivity index (χ0n) is 23.2. The predicted octanol–water partition coefficient (Wildman–Crippen LogP) is 4.00. The van der Waals surface area contributed by atoms with Gasteiger partial charge in [-0.2, -0.15) is 5.26 Å². The fourth-order valence-corrected chi connectivity index (χ4v) is 6.53. The second kappa shape index (κ2) is 11.8. The van der Waals surface area contributed by atoms with E-state index in [0.29, 0.717) is 53.5 Å². The highest BCUT2D eigenvalue weighted by atomic mass is 32.2. The molecule has 2 aliphatic heterocycles. The lowest BCUT2D eigenvalue weighted by atomic mass is 10.0. The number of amides is 1. The molecule has 10 heteroatoms. The van der Waals surface area contributed by atoms with E-state index in [2.05, 4.69) is 27.1 Å². The van der Waals surface area contributed by atoms with Crippen molar-refractivity contribution in [3.05, 3.63) is 83.2 Å². The highest BCUT2D eigenvalue weighted by molar-refractivity contribution is 7.98. The number of nitrogens with two attached hydrogens (primary N) is 1. The predicted molar refractivity (Wildman–Crippen MR) is 163 cm³/mol. The monoisotopic (exact) mass is 574 g/mol. The summed E-state index contributed by atoms with van der Waals surface area (Å²) in [7, 11) is -2.88. The first-order valence-electron chi connectivity index (χ1n) is 13.7. The normalized spacial score (nSPS) is 17.6. The van der Waals surface area contributed by atoms with Crippen molar-refractivity contribution in [2.45, 2.75) is 30.7 Å². The quantitative estimate of drug-likeness (QED) is 0.432. The average Bonchev–Trinajstić information content (AvgIpc) is 2.98. The van der Waals surface area contributed by atoms with E-state index in [1.54, 1.807) is 30.0 Å². The fraction of sp³-hybridized carbons (Fsp3) is 0.323. The van der Waals surface area contributed by atoms with Gasteiger partial charge in [-0.1, -0.05) is 24.3 Å². The van der Waals surface area contributed by atoms with Crippen molar-refractivity contribution in [2.75, 3.05) is 54.4 Å². The topological polar surface area (TPSA) is 106 Å². The molecule has 3 aromatic rings. The molecule has 0 aliphatic carbocycles. The van der Waals surface area contributed by atoms with Gasteiger partial charge in [-0.15, -0.1) is 0 Å². The lowest BCUT2D eigenvalue weighted by Crippen LogP contribution is -2.49. The van der Waals surface area contributed by atoms with Crippen LogP contribution >= 0.6 is 0 Å². The van der Waals surface area contributed by atoms with Crippen molar-refractivity contribution in [1.82, 2.24) is 4.90 Å². The highest BCUT2D eigenvalue weighted by Crippen LogP contribution is 2.29. The first-order chi connectivity index (χ1) is 19.7. The van der Waals surface area contributed by atoms with Gasteiger partial charge in [0.1, 0.15) is 11.9 Å². The van der Waals surface area contributed by atoms with Crippen molar-refractivity contribution in [1.29, 1.82) is 5.26 Å². The Morgan fingerprint density at radius 1 is 1.00 bits per heavy atom. The van der Waals surface area contributed by atoms with Crippen LogP contribution in [0.2, 0.25) is 0 Å². The summed E-state index contributed by atoms with van der Waals surface area (Å²) >= 11 is 0. The molecule has 41 heavy (non-hydrogen) atoms. The molecule has 2 aliphatic rings. The van der Waals surface area contributed by atoms with Crippen LogP contribution in [0.15, 0.2) is 65.6 Å². The third-order valence-corrected chi connectivity index (χ3v) is 9.00. The molecule has 8 nitrogen and oxygen atoms in total. The van der Waals surface area contributed by atoms with Gasteiger partial charge in [-0.3, -0.25) is 9.93 Å². The molecule has 2 fully saturated rings. The molecular weight excluding hydrogens is 539 g/mol. The summed E-state index contributed by atoms with van der Waals surface area (Å²) in [6, 6.07) is 20.2. The summed E-state index contributed by atoms with van der Waals surface area (Å²) in [5, 5.41) is 18.6. The molecule has 214 valence electrons. The number of piperazine rings is 1. The lowest BCUT2D eigenvalue weighted by molar-refractivity contribution is 0.0746.